The highest BCUT2D eigenvalue weighted by Gasteiger charge is 2.27. The minimum atomic E-state index is -1.12. The summed E-state index contributed by atoms with van der Waals surface area (Å²) in [6.45, 7) is 1.75. The maximum atomic E-state index is 14.6. The zero-order valence-corrected chi connectivity index (χ0v) is 15.9. The van der Waals surface area contributed by atoms with Gasteiger partial charge in [-0.05, 0) is 18.6 Å². The molecule has 146 valence electrons. The van der Waals surface area contributed by atoms with E-state index in [-0.39, 0.29) is 17.3 Å². The summed E-state index contributed by atoms with van der Waals surface area (Å²) in [6.07, 6.45) is -0.754. The van der Waals surface area contributed by atoms with Gasteiger partial charge in [0.2, 0.25) is 0 Å². The summed E-state index contributed by atoms with van der Waals surface area (Å²) >= 11 is 6.11. The molecule has 1 unspecified atom stereocenters. The molecular weight excluding hydrogens is 391 g/mol. The number of hydrogen-bond acceptors (Lipinski definition) is 2. The number of aromatic nitrogens is 1. The van der Waals surface area contributed by atoms with Crippen LogP contribution in [0.4, 0.5) is 13.2 Å². The van der Waals surface area contributed by atoms with Crippen LogP contribution in [0.1, 0.15) is 24.2 Å². The van der Waals surface area contributed by atoms with E-state index in [0.29, 0.717) is 23.3 Å². The lowest BCUT2D eigenvalue weighted by atomic mass is 9.95. The molecule has 0 aliphatic rings. The van der Waals surface area contributed by atoms with Crippen molar-refractivity contribution in [3.63, 3.8) is 0 Å². The fourth-order valence-corrected chi connectivity index (χ4v) is 3.49. The highest BCUT2D eigenvalue weighted by molar-refractivity contribution is 6.30. The average molecular weight is 408 g/mol. The van der Waals surface area contributed by atoms with Gasteiger partial charge < -0.3 is 9.30 Å². The van der Waals surface area contributed by atoms with Crippen molar-refractivity contribution < 1.29 is 17.9 Å². The van der Waals surface area contributed by atoms with Gasteiger partial charge in [-0.25, -0.2) is 13.2 Å². The van der Waals surface area contributed by atoms with Crippen LogP contribution in [0.25, 0.3) is 11.3 Å². The molecule has 1 aromatic heterocycles. The van der Waals surface area contributed by atoms with Gasteiger partial charge in [-0.1, -0.05) is 41.9 Å². The number of methoxy groups -OCH3 is 1. The number of rotatable bonds is 5. The Hall–Kier alpha value is -2.57. The van der Waals surface area contributed by atoms with Crippen LogP contribution in [0.15, 0.2) is 53.3 Å². The molecule has 0 amide bonds. The van der Waals surface area contributed by atoms with Crippen molar-refractivity contribution >= 4 is 11.6 Å². The first-order valence-electron chi connectivity index (χ1n) is 8.54. The largest absolute Gasteiger partial charge is 0.372 e. The molecule has 0 saturated heterocycles. The normalized spacial score (nSPS) is 12.2. The first-order chi connectivity index (χ1) is 13.4. The Kier molecular flexibility index (Phi) is 5.91. The van der Waals surface area contributed by atoms with Crippen molar-refractivity contribution in [1.82, 2.24) is 4.57 Å². The third kappa shape index (κ3) is 3.57. The number of halogens is 4. The fourth-order valence-electron chi connectivity index (χ4n) is 3.27. The number of benzene rings is 2. The third-order valence-electron chi connectivity index (χ3n) is 4.46. The predicted octanol–water partition coefficient (Wildman–Crippen LogP) is 5.34. The Bertz CT molecular complexity index is 1040. The van der Waals surface area contributed by atoms with Gasteiger partial charge in [0.1, 0.15) is 28.6 Å². The van der Waals surface area contributed by atoms with Crippen LogP contribution in [-0.4, -0.2) is 11.7 Å². The van der Waals surface area contributed by atoms with Gasteiger partial charge in [-0.3, -0.25) is 4.79 Å². The van der Waals surface area contributed by atoms with E-state index in [9.17, 15) is 18.0 Å². The molecule has 0 N–H and O–H groups in total. The van der Waals surface area contributed by atoms with Crippen LogP contribution in [0, 0.1) is 17.5 Å². The van der Waals surface area contributed by atoms with Crippen molar-refractivity contribution in [3.05, 3.63) is 92.5 Å². The molecule has 0 saturated carbocycles. The molecule has 0 aliphatic carbocycles. The van der Waals surface area contributed by atoms with Crippen LogP contribution < -0.4 is 5.56 Å². The second-order valence-electron chi connectivity index (χ2n) is 6.12. The molecule has 3 nitrogen and oxygen atoms in total. The molecule has 0 radical (unpaired) electrons. The molecule has 1 heterocycles. The number of hydrogen-bond donors (Lipinski definition) is 0. The summed E-state index contributed by atoms with van der Waals surface area (Å²) < 4.78 is 49.4. The molecule has 1 atom stereocenters. The van der Waals surface area contributed by atoms with Crippen molar-refractivity contribution in [2.24, 2.45) is 0 Å². The monoisotopic (exact) mass is 407 g/mol. The smallest absolute Gasteiger partial charge is 0.269 e. The first-order valence-corrected chi connectivity index (χ1v) is 8.92. The maximum Gasteiger partial charge on any atom is 0.269 e. The molecule has 0 aliphatic heterocycles. The molecule has 3 aromatic rings. The lowest BCUT2D eigenvalue weighted by Crippen LogP contribution is -2.25. The molecule has 0 bridgehead atoms. The summed E-state index contributed by atoms with van der Waals surface area (Å²) in [5, 5.41) is -0.110. The van der Waals surface area contributed by atoms with E-state index in [1.807, 2.05) is 6.07 Å². The highest BCUT2D eigenvalue weighted by Crippen LogP contribution is 2.37. The van der Waals surface area contributed by atoms with E-state index in [1.165, 1.54) is 13.2 Å². The minimum absolute atomic E-state index is 0.0393. The topological polar surface area (TPSA) is 31.2 Å². The Balaban J connectivity index is 2.42. The van der Waals surface area contributed by atoms with Crippen LogP contribution in [-0.2, 0) is 11.3 Å². The summed E-state index contributed by atoms with van der Waals surface area (Å²) in [5.41, 5.74) is -0.155. The van der Waals surface area contributed by atoms with Crippen molar-refractivity contribution in [2.75, 3.05) is 7.11 Å². The second-order valence-corrected chi connectivity index (χ2v) is 6.52. The summed E-state index contributed by atoms with van der Waals surface area (Å²) in [4.78, 5) is 12.6. The average Bonchev–Trinajstić information content (AvgIpc) is 2.66. The van der Waals surface area contributed by atoms with E-state index in [2.05, 4.69) is 0 Å². The molecular formula is C21H17ClF3NO2. The van der Waals surface area contributed by atoms with Gasteiger partial charge in [-0.15, -0.1) is 0 Å². The number of nitrogens with zero attached hydrogens (tertiary/aromatic N) is 1. The standard InChI is InChI=1S/C21H17ClF3NO2/c1-3-26-19(18-16(24)9-13(23)10-17(18)25)14(11-15(22)21(26)27)20(28-2)12-7-5-4-6-8-12/h4-11,20H,3H2,1-2H3. The molecule has 0 fully saturated rings. The van der Waals surface area contributed by atoms with E-state index in [4.69, 9.17) is 16.3 Å². The van der Waals surface area contributed by atoms with Crippen LogP contribution in [0.2, 0.25) is 5.02 Å². The predicted molar refractivity (Wildman–Crippen MR) is 102 cm³/mol. The van der Waals surface area contributed by atoms with Gasteiger partial charge in [0.25, 0.3) is 5.56 Å². The van der Waals surface area contributed by atoms with E-state index < -0.39 is 34.7 Å². The zero-order chi connectivity index (χ0) is 20.4. The molecule has 7 heteroatoms. The van der Waals surface area contributed by atoms with E-state index in [1.54, 1.807) is 31.2 Å². The van der Waals surface area contributed by atoms with Crippen LogP contribution in [0.5, 0.6) is 0 Å². The van der Waals surface area contributed by atoms with E-state index in [0.717, 1.165) is 4.57 Å². The Morgan fingerprint density at radius 1 is 1.07 bits per heavy atom. The fraction of sp³-hybridized carbons (Fsp3) is 0.190. The van der Waals surface area contributed by atoms with E-state index >= 15 is 0 Å². The Morgan fingerprint density at radius 2 is 1.68 bits per heavy atom. The lowest BCUT2D eigenvalue weighted by molar-refractivity contribution is 0.136. The first kappa shape index (κ1) is 20.2. The van der Waals surface area contributed by atoms with Crippen LogP contribution >= 0.6 is 11.6 Å². The van der Waals surface area contributed by atoms with Gasteiger partial charge in [0.15, 0.2) is 0 Å². The summed E-state index contributed by atoms with van der Waals surface area (Å²) in [6, 6.07) is 11.5. The Morgan fingerprint density at radius 3 is 2.21 bits per heavy atom. The Labute approximate surface area is 165 Å². The summed E-state index contributed by atoms with van der Waals surface area (Å²) in [5.74, 6) is -3.29. The molecule has 0 spiro atoms. The number of ether oxygens (including phenoxy) is 1. The zero-order valence-electron chi connectivity index (χ0n) is 15.2. The van der Waals surface area contributed by atoms with Crippen LogP contribution in [0.3, 0.4) is 0 Å². The van der Waals surface area contributed by atoms with Gasteiger partial charge in [0, 0.05) is 31.4 Å². The molecule has 3 rings (SSSR count). The van der Waals surface area contributed by atoms with Gasteiger partial charge >= 0.3 is 0 Å². The molecule has 28 heavy (non-hydrogen) atoms. The van der Waals surface area contributed by atoms with Gasteiger partial charge in [-0.2, -0.15) is 0 Å². The SMILES string of the molecule is CCn1c(-c2c(F)cc(F)cc2F)c(C(OC)c2ccccc2)cc(Cl)c1=O. The van der Waals surface area contributed by atoms with Gasteiger partial charge in [0.05, 0.1) is 11.3 Å². The second kappa shape index (κ2) is 8.20. The maximum absolute atomic E-state index is 14.6. The third-order valence-corrected chi connectivity index (χ3v) is 4.73. The summed E-state index contributed by atoms with van der Waals surface area (Å²) in [7, 11) is 1.44. The van der Waals surface area contributed by atoms with Crippen molar-refractivity contribution in [2.45, 2.75) is 19.6 Å². The van der Waals surface area contributed by atoms with Crippen molar-refractivity contribution in [1.29, 1.82) is 0 Å². The number of pyridine rings is 1. The van der Waals surface area contributed by atoms with Crippen molar-refractivity contribution in [3.8, 4) is 11.3 Å². The molecule has 2 aromatic carbocycles. The minimum Gasteiger partial charge on any atom is -0.372 e. The highest BCUT2D eigenvalue weighted by atomic mass is 35.5. The quantitative estimate of drug-likeness (QED) is 0.571. The lowest BCUT2D eigenvalue weighted by Gasteiger charge is -2.24.